The fourth-order valence-corrected chi connectivity index (χ4v) is 3.12. The van der Waals surface area contributed by atoms with Gasteiger partial charge in [0.2, 0.25) is 0 Å². The van der Waals surface area contributed by atoms with E-state index in [1.54, 1.807) is 18.2 Å². The summed E-state index contributed by atoms with van der Waals surface area (Å²) in [6, 6.07) is 14.6. The van der Waals surface area contributed by atoms with Crippen LogP contribution in [0.2, 0.25) is 0 Å². The first-order valence-electron chi connectivity index (χ1n) is 8.35. The van der Waals surface area contributed by atoms with E-state index in [1.807, 2.05) is 30.1 Å². The van der Waals surface area contributed by atoms with Crippen LogP contribution in [0.3, 0.4) is 0 Å². The second-order valence-corrected chi connectivity index (χ2v) is 6.42. The van der Waals surface area contributed by atoms with Crippen molar-refractivity contribution in [1.29, 1.82) is 0 Å². The number of anilines is 2. The lowest BCUT2D eigenvalue weighted by Gasteiger charge is -2.37. The fraction of sp³-hybridized carbons (Fsp3) is 0.316. The molecule has 2 aromatic rings. The average Bonchev–Trinajstić information content (AvgIpc) is 2.62. The summed E-state index contributed by atoms with van der Waals surface area (Å²) in [4.78, 5) is 4.18. The van der Waals surface area contributed by atoms with Gasteiger partial charge in [0.25, 0.3) is 0 Å². The van der Waals surface area contributed by atoms with E-state index < -0.39 is 0 Å². The molecular formula is C19H22FN3OS. The average molecular weight is 359 g/mol. The Bertz CT molecular complexity index is 755. The van der Waals surface area contributed by atoms with E-state index in [4.69, 9.17) is 17.0 Å². The second-order valence-electron chi connectivity index (χ2n) is 6.04. The molecule has 0 aliphatic carbocycles. The van der Waals surface area contributed by atoms with Crippen LogP contribution >= 0.6 is 12.2 Å². The Kier molecular flexibility index (Phi) is 5.38. The molecule has 4 nitrogen and oxygen atoms in total. The van der Waals surface area contributed by atoms with Crippen LogP contribution in [0.4, 0.5) is 15.8 Å². The minimum Gasteiger partial charge on any atom is -0.485 e. The molecule has 1 atom stereocenters. The number of likely N-dealkylation sites (N-methyl/N-ethyl adjacent to an activating group) is 2. The highest BCUT2D eigenvalue weighted by Crippen LogP contribution is 2.32. The monoisotopic (exact) mass is 359 g/mol. The number of hydrogen-bond acceptors (Lipinski definition) is 3. The molecule has 0 spiro atoms. The first kappa shape index (κ1) is 17.5. The summed E-state index contributed by atoms with van der Waals surface area (Å²) in [5, 5.41) is 3.43. The Balaban J connectivity index is 1.64. The molecule has 0 bridgehead atoms. The van der Waals surface area contributed by atoms with Crippen molar-refractivity contribution >= 4 is 28.7 Å². The van der Waals surface area contributed by atoms with Crippen LogP contribution in [0.5, 0.6) is 5.75 Å². The van der Waals surface area contributed by atoms with Gasteiger partial charge in [-0.05, 0) is 43.4 Å². The van der Waals surface area contributed by atoms with Crippen LogP contribution in [-0.4, -0.2) is 42.8 Å². The molecule has 1 aliphatic rings. The third kappa shape index (κ3) is 4.02. The van der Waals surface area contributed by atoms with E-state index >= 15 is 0 Å². The van der Waals surface area contributed by atoms with Gasteiger partial charge in [-0.25, -0.2) is 4.39 Å². The fourth-order valence-electron chi connectivity index (χ4n) is 2.94. The van der Waals surface area contributed by atoms with Gasteiger partial charge in [0.15, 0.2) is 5.11 Å². The smallest absolute Gasteiger partial charge is 0.173 e. The quantitative estimate of drug-likeness (QED) is 0.840. The predicted octanol–water partition coefficient (Wildman–Crippen LogP) is 3.74. The highest BCUT2D eigenvalue weighted by atomic mass is 32.1. The topological polar surface area (TPSA) is 27.7 Å². The molecule has 0 saturated carbocycles. The largest absolute Gasteiger partial charge is 0.485 e. The highest BCUT2D eigenvalue weighted by Gasteiger charge is 2.26. The summed E-state index contributed by atoms with van der Waals surface area (Å²) >= 11 is 5.40. The molecule has 132 valence electrons. The summed E-state index contributed by atoms with van der Waals surface area (Å²) in [5.41, 5.74) is 1.50. The van der Waals surface area contributed by atoms with Crippen LogP contribution in [0.15, 0.2) is 48.5 Å². The normalized spacial score (nSPS) is 16.0. The SMILES string of the molecule is CCN1C[C@@H](CN(C)C(=S)Nc2ccccc2F)Oc2ccccc21. The molecule has 0 radical (unpaired) electrons. The van der Waals surface area contributed by atoms with Crippen molar-refractivity contribution in [3.05, 3.63) is 54.3 Å². The first-order chi connectivity index (χ1) is 12.1. The molecule has 3 rings (SSSR count). The molecule has 0 amide bonds. The Labute approximate surface area is 153 Å². The van der Waals surface area contributed by atoms with Gasteiger partial charge in [0.05, 0.1) is 24.5 Å². The molecule has 6 heteroatoms. The van der Waals surface area contributed by atoms with Gasteiger partial charge < -0.3 is 19.9 Å². The summed E-state index contributed by atoms with van der Waals surface area (Å²) in [7, 11) is 1.89. The lowest BCUT2D eigenvalue weighted by Crippen LogP contribution is -2.47. The van der Waals surface area contributed by atoms with Gasteiger partial charge >= 0.3 is 0 Å². The standard InChI is InChI=1S/C19H22FN3OS/c1-3-23-13-14(24-18-11-7-6-10-17(18)23)12-22(2)19(25)21-16-9-5-4-8-15(16)20/h4-11,14H,3,12-13H2,1-2H3,(H,21,25)/t14-/m1/s1. The third-order valence-corrected chi connectivity index (χ3v) is 4.66. The predicted molar refractivity (Wildman–Crippen MR) is 104 cm³/mol. The summed E-state index contributed by atoms with van der Waals surface area (Å²) < 4.78 is 19.9. The number of benzene rings is 2. The maximum Gasteiger partial charge on any atom is 0.173 e. The van der Waals surface area contributed by atoms with Crippen molar-refractivity contribution in [3.8, 4) is 5.75 Å². The summed E-state index contributed by atoms with van der Waals surface area (Å²) in [5.74, 6) is 0.570. The number of ether oxygens (including phenoxy) is 1. The zero-order valence-corrected chi connectivity index (χ0v) is 15.2. The third-order valence-electron chi connectivity index (χ3n) is 4.24. The van der Waals surface area contributed by atoms with E-state index in [0.29, 0.717) is 17.3 Å². The molecule has 0 aromatic heterocycles. The molecule has 25 heavy (non-hydrogen) atoms. The Hall–Kier alpha value is -2.34. The van der Waals surface area contributed by atoms with Crippen molar-refractivity contribution in [3.63, 3.8) is 0 Å². The maximum absolute atomic E-state index is 13.8. The number of nitrogens with zero attached hydrogens (tertiary/aromatic N) is 2. The van der Waals surface area contributed by atoms with E-state index in [1.165, 1.54) is 6.07 Å². The van der Waals surface area contributed by atoms with Gasteiger partial charge in [0.1, 0.15) is 17.7 Å². The van der Waals surface area contributed by atoms with Crippen LogP contribution in [0, 0.1) is 5.82 Å². The van der Waals surface area contributed by atoms with Crippen LogP contribution in [0.25, 0.3) is 0 Å². The number of hydrogen-bond donors (Lipinski definition) is 1. The van der Waals surface area contributed by atoms with Crippen molar-refractivity contribution < 1.29 is 9.13 Å². The van der Waals surface area contributed by atoms with E-state index in [9.17, 15) is 4.39 Å². The molecule has 0 unspecified atom stereocenters. The Morgan fingerprint density at radius 3 is 2.76 bits per heavy atom. The van der Waals surface area contributed by atoms with E-state index in [0.717, 1.165) is 24.5 Å². The molecular weight excluding hydrogens is 337 g/mol. The van der Waals surface area contributed by atoms with Crippen LogP contribution < -0.4 is 15.0 Å². The number of para-hydroxylation sites is 3. The lowest BCUT2D eigenvalue weighted by molar-refractivity contribution is 0.169. The van der Waals surface area contributed by atoms with Gasteiger partial charge in [0, 0.05) is 13.6 Å². The number of halogens is 1. The van der Waals surface area contributed by atoms with Gasteiger partial charge in [-0.1, -0.05) is 24.3 Å². The maximum atomic E-state index is 13.8. The number of rotatable bonds is 4. The molecule has 1 heterocycles. The number of fused-ring (bicyclic) bond motifs is 1. The summed E-state index contributed by atoms with van der Waals surface area (Å²) in [6.45, 7) is 4.46. The van der Waals surface area contributed by atoms with Crippen molar-refractivity contribution in [1.82, 2.24) is 4.90 Å². The molecule has 1 aliphatic heterocycles. The van der Waals surface area contributed by atoms with Crippen LogP contribution in [-0.2, 0) is 0 Å². The van der Waals surface area contributed by atoms with Gasteiger partial charge in [-0.3, -0.25) is 0 Å². The van der Waals surface area contributed by atoms with Crippen molar-refractivity contribution in [2.45, 2.75) is 13.0 Å². The minimum atomic E-state index is -0.321. The summed E-state index contributed by atoms with van der Waals surface area (Å²) in [6.07, 6.45) is -0.0137. The van der Waals surface area contributed by atoms with Crippen LogP contribution in [0.1, 0.15) is 6.92 Å². The zero-order chi connectivity index (χ0) is 17.8. The molecule has 1 N–H and O–H groups in total. The molecule has 2 aromatic carbocycles. The van der Waals surface area contributed by atoms with Crippen molar-refractivity contribution in [2.24, 2.45) is 0 Å². The zero-order valence-electron chi connectivity index (χ0n) is 14.4. The second kappa shape index (κ2) is 7.70. The molecule has 0 saturated heterocycles. The first-order valence-corrected chi connectivity index (χ1v) is 8.76. The molecule has 0 fully saturated rings. The Morgan fingerprint density at radius 2 is 2.00 bits per heavy atom. The number of thiocarbonyl (C=S) groups is 1. The Morgan fingerprint density at radius 1 is 1.28 bits per heavy atom. The number of nitrogens with one attached hydrogen (secondary N) is 1. The lowest BCUT2D eigenvalue weighted by atomic mass is 10.2. The van der Waals surface area contributed by atoms with Crippen molar-refractivity contribution in [2.75, 3.05) is 36.9 Å². The van der Waals surface area contributed by atoms with Gasteiger partial charge in [-0.2, -0.15) is 0 Å². The van der Waals surface area contributed by atoms with Gasteiger partial charge in [-0.15, -0.1) is 0 Å². The highest BCUT2D eigenvalue weighted by molar-refractivity contribution is 7.80. The van der Waals surface area contributed by atoms with E-state index in [-0.39, 0.29) is 11.9 Å². The minimum absolute atomic E-state index is 0.0137. The van der Waals surface area contributed by atoms with E-state index in [2.05, 4.69) is 23.2 Å².